The van der Waals surface area contributed by atoms with E-state index in [4.69, 9.17) is 0 Å². The summed E-state index contributed by atoms with van der Waals surface area (Å²) < 4.78 is 0. The number of rotatable bonds is 4. The van der Waals surface area contributed by atoms with E-state index in [0.29, 0.717) is 0 Å². The molecule has 1 aromatic carbocycles. The number of nitrogens with zero attached hydrogens (tertiary/aromatic N) is 1. The normalized spacial score (nSPS) is 12.4. The molecule has 0 amide bonds. The van der Waals surface area contributed by atoms with Crippen LogP contribution in [-0.2, 0) is 0 Å². The van der Waals surface area contributed by atoms with Crippen LogP contribution in [0, 0.1) is 6.92 Å². The summed E-state index contributed by atoms with van der Waals surface area (Å²) in [5.41, 5.74) is 2.69. The molecular formula is C15H17NOS. The van der Waals surface area contributed by atoms with Crippen molar-refractivity contribution in [2.75, 3.05) is 5.75 Å². The Morgan fingerprint density at radius 1 is 1.11 bits per heavy atom. The van der Waals surface area contributed by atoms with Crippen molar-refractivity contribution in [2.45, 2.75) is 24.8 Å². The molecule has 0 aliphatic heterocycles. The molecule has 1 heterocycles. The fourth-order valence-corrected chi connectivity index (χ4v) is 2.41. The summed E-state index contributed by atoms with van der Waals surface area (Å²) in [7, 11) is 0. The predicted molar refractivity (Wildman–Crippen MR) is 75.9 cm³/mol. The Morgan fingerprint density at radius 3 is 2.33 bits per heavy atom. The lowest BCUT2D eigenvalue weighted by molar-refractivity contribution is 0.220. The maximum atomic E-state index is 10.3. The van der Waals surface area contributed by atoms with Crippen molar-refractivity contribution in [3.8, 4) is 0 Å². The van der Waals surface area contributed by atoms with Gasteiger partial charge in [-0.25, -0.2) is 0 Å². The molecule has 94 valence electrons. The van der Waals surface area contributed by atoms with Gasteiger partial charge in [-0.1, -0.05) is 25.1 Å². The minimum atomic E-state index is -0.598. The largest absolute Gasteiger partial charge is 0.384 e. The summed E-state index contributed by atoms with van der Waals surface area (Å²) in [5, 5.41) is 10.3. The summed E-state index contributed by atoms with van der Waals surface area (Å²) in [6.45, 7) is 4.07. The monoisotopic (exact) mass is 259 g/mol. The van der Waals surface area contributed by atoms with E-state index in [0.717, 1.165) is 22.6 Å². The number of aliphatic hydroxyl groups is 1. The van der Waals surface area contributed by atoms with E-state index in [1.54, 1.807) is 18.0 Å². The molecule has 0 bridgehead atoms. The van der Waals surface area contributed by atoms with Gasteiger partial charge >= 0.3 is 0 Å². The molecule has 0 spiro atoms. The van der Waals surface area contributed by atoms with Gasteiger partial charge in [-0.15, -0.1) is 11.8 Å². The highest BCUT2D eigenvalue weighted by Gasteiger charge is 2.10. The average Bonchev–Trinajstić information content (AvgIpc) is 2.40. The Morgan fingerprint density at radius 2 is 1.78 bits per heavy atom. The van der Waals surface area contributed by atoms with Crippen molar-refractivity contribution in [3.05, 3.63) is 59.4 Å². The van der Waals surface area contributed by atoms with Crippen LogP contribution in [-0.4, -0.2) is 15.8 Å². The van der Waals surface area contributed by atoms with Crippen molar-refractivity contribution < 1.29 is 5.11 Å². The summed E-state index contributed by atoms with van der Waals surface area (Å²) in [6.07, 6.45) is 1.13. The lowest BCUT2D eigenvalue weighted by atomic mass is 10.0. The van der Waals surface area contributed by atoms with Gasteiger partial charge in [0.1, 0.15) is 6.10 Å². The topological polar surface area (TPSA) is 33.1 Å². The maximum absolute atomic E-state index is 10.3. The Kier molecular flexibility index (Phi) is 4.39. The third-order valence-electron chi connectivity index (χ3n) is 2.76. The molecule has 18 heavy (non-hydrogen) atoms. The van der Waals surface area contributed by atoms with Crippen molar-refractivity contribution in [3.63, 3.8) is 0 Å². The zero-order valence-electron chi connectivity index (χ0n) is 10.6. The molecule has 0 saturated heterocycles. The number of thioether (sulfide) groups is 1. The van der Waals surface area contributed by atoms with Gasteiger partial charge in [0.2, 0.25) is 0 Å². The Bertz CT molecular complexity index is 493. The van der Waals surface area contributed by atoms with Crippen LogP contribution in [0.3, 0.4) is 0 Å². The lowest BCUT2D eigenvalue weighted by Gasteiger charge is -2.11. The number of aromatic nitrogens is 1. The number of aryl methyl sites for hydroxylation is 1. The first-order valence-corrected chi connectivity index (χ1v) is 7.02. The van der Waals surface area contributed by atoms with Crippen molar-refractivity contribution in [1.29, 1.82) is 0 Å². The molecule has 2 nitrogen and oxygen atoms in total. The Balaban J connectivity index is 2.17. The molecule has 0 aliphatic carbocycles. The first-order chi connectivity index (χ1) is 8.70. The van der Waals surface area contributed by atoms with Crippen LogP contribution in [0.1, 0.15) is 29.8 Å². The van der Waals surface area contributed by atoms with E-state index in [9.17, 15) is 5.11 Å². The van der Waals surface area contributed by atoms with Gasteiger partial charge in [-0.2, -0.15) is 0 Å². The van der Waals surface area contributed by atoms with Crippen LogP contribution in [0.4, 0.5) is 0 Å². The smallest absolute Gasteiger partial charge is 0.106 e. The van der Waals surface area contributed by atoms with Crippen molar-refractivity contribution in [1.82, 2.24) is 4.98 Å². The van der Waals surface area contributed by atoms with Crippen LogP contribution in [0.25, 0.3) is 0 Å². The molecule has 0 radical (unpaired) electrons. The van der Waals surface area contributed by atoms with E-state index in [2.05, 4.69) is 11.9 Å². The molecule has 0 aliphatic rings. The first-order valence-electron chi connectivity index (χ1n) is 6.04. The molecule has 0 fully saturated rings. The van der Waals surface area contributed by atoms with E-state index in [-0.39, 0.29) is 0 Å². The molecule has 1 aromatic heterocycles. The number of pyridine rings is 1. The van der Waals surface area contributed by atoms with Crippen molar-refractivity contribution >= 4 is 11.8 Å². The van der Waals surface area contributed by atoms with Crippen LogP contribution in [0.15, 0.2) is 47.5 Å². The number of hydrogen-bond donors (Lipinski definition) is 1. The second-order valence-corrected chi connectivity index (χ2v) is 5.47. The minimum Gasteiger partial charge on any atom is -0.384 e. The van der Waals surface area contributed by atoms with E-state index < -0.39 is 6.10 Å². The fraction of sp³-hybridized carbons (Fsp3) is 0.267. The van der Waals surface area contributed by atoms with Crippen LogP contribution in [0.2, 0.25) is 0 Å². The molecule has 0 saturated carbocycles. The van der Waals surface area contributed by atoms with Gasteiger partial charge in [0.15, 0.2) is 0 Å². The van der Waals surface area contributed by atoms with Crippen LogP contribution >= 0.6 is 11.8 Å². The third kappa shape index (κ3) is 3.12. The third-order valence-corrected chi connectivity index (χ3v) is 3.65. The molecule has 2 aromatic rings. The Hall–Kier alpha value is -1.32. The summed E-state index contributed by atoms with van der Waals surface area (Å²) in [4.78, 5) is 5.44. The molecule has 3 heteroatoms. The van der Waals surface area contributed by atoms with E-state index in [1.807, 2.05) is 43.3 Å². The molecule has 2 rings (SSSR count). The summed E-state index contributed by atoms with van der Waals surface area (Å²) in [6, 6.07) is 11.9. The Labute approximate surface area is 112 Å². The van der Waals surface area contributed by atoms with Gasteiger partial charge in [-0.3, -0.25) is 4.98 Å². The highest BCUT2D eigenvalue weighted by atomic mass is 32.2. The zero-order chi connectivity index (χ0) is 13.0. The standard InChI is InChI=1S/C15H17NOS/c1-3-18-14-8-6-12(7-9-14)15(17)13-5-4-11(2)16-10-13/h4-10,15,17H,3H2,1-2H3. The summed E-state index contributed by atoms with van der Waals surface area (Å²) >= 11 is 1.80. The van der Waals surface area contributed by atoms with Gasteiger partial charge in [0.25, 0.3) is 0 Å². The molecule has 1 atom stereocenters. The van der Waals surface area contributed by atoms with Gasteiger partial charge in [0.05, 0.1) is 0 Å². The van der Waals surface area contributed by atoms with Gasteiger partial charge < -0.3 is 5.11 Å². The average molecular weight is 259 g/mol. The minimum absolute atomic E-state index is 0.598. The highest BCUT2D eigenvalue weighted by Crippen LogP contribution is 2.24. The SMILES string of the molecule is CCSc1ccc(C(O)c2ccc(C)nc2)cc1. The number of benzene rings is 1. The highest BCUT2D eigenvalue weighted by molar-refractivity contribution is 7.99. The summed E-state index contributed by atoms with van der Waals surface area (Å²) in [5.74, 6) is 1.06. The van der Waals surface area contributed by atoms with E-state index in [1.165, 1.54) is 4.90 Å². The molecular weight excluding hydrogens is 242 g/mol. The second kappa shape index (κ2) is 6.03. The van der Waals surface area contributed by atoms with Crippen molar-refractivity contribution in [2.24, 2.45) is 0 Å². The van der Waals surface area contributed by atoms with Crippen LogP contribution in [0.5, 0.6) is 0 Å². The fourth-order valence-electron chi connectivity index (χ4n) is 1.75. The number of aliphatic hydroxyl groups excluding tert-OH is 1. The van der Waals surface area contributed by atoms with Crippen LogP contribution < -0.4 is 0 Å². The van der Waals surface area contributed by atoms with E-state index >= 15 is 0 Å². The lowest BCUT2D eigenvalue weighted by Crippen LogP contribution is -2.00. The maximum Gasteiger partial charge on any atom is 0.106 e. The quantitative estimate of drug-likeness (QED) is 0.852. The predicted octanol–water partition coefficient (Wildman–Crippen LogP) is 3.58. The van der Waals surface area contributed by atoms with Gasteiger partial charge in [-0.05, 0) is 36.4 Å². The zero-order valence-corrected chi connectivity index (χ0v) is 11.4. The first kappa shape index (κ1) is 13.1. The molecule has 1 unspecified atom stereocenters. The second-order valence-electron chi connectivity index (χ2n) is 4.14. The number of hydrogen-bond acceptors (Lipinski definition) is 3. The molecule has 1 N–H and O–H groups in total. The van der Waals surface area contributed by atoms with Gasteiger partial charge in [0, 0.05) is 22.3 Å².